The van der Waals surface area contributed by atoms with Crippen LogP contribution in [0.1, 0.15) is 18.5 Å². The molecule has 4 amide bonds. The smallest absolute Gasteiger partial charge is 0.334 e. The van der Waals surface area contributed by atoms with Gasteiger partial charge in [0.1, 0.15) is 6.61 Å². The van der Waals surface area contributed by atoms with Crippen LogP contribution < -0.4 is 0 Å². The third kappa shape index (κ3) is 3.70. The second-order valence-electron chi connectivity index (χ2n) is 4.97. The van der Waals surface area contributed by atoms with E-state index in [0.29, 0.717) is 10.5 Å². The number of rotatable bonds is 7. The van der Waals surface area contributed by atoms with E-state index in [1.165, 1.54) is 0 Å². The number of alkyl halides is 2. The van der Waals surface area contributed by atoms with Gasteiger partial charge in [-0.15, -0.1) is 0 Å². The van der Waals surface area contributed by atoms with Crippen LogP contribution in [0.3, 0.4) is 0 Å². The lowest BCUT2D eigenvalue weighted by molar-refractivity contribution is -0.144. The number of urea groups is 1. The molecule has 0 unspecified atom stereocenters. The van der Waals surface area contributed by atoms with Crippen LogP contribution in [0, 0.1) is 0 Å². The number of nitrogens with zero attached hydrogens (tertiary/aromatic N) is 2. The van der Waals surface area contributed by atoms with Gasteiger partial charge in [-0.2, -0.15) is 0 Å². The van der Waals surface area contributed by atoms with Crippen molar-refractivity contribution < 1.29 is 27.9 Å². The lowest BCUT2D eigenvalue weighted by Gasteiger charge is -2.22. The van der Waals surface area contributed by atoms with Gasteiger partial charge < -0.3 is 4.74 Å². The van der Waals surface area contributed by atoms with Gasteiger partial charge in [0, 0.05) is 0 Å². The molecule has 6 nitrogen and oxygen atoms in total. The summed E-state index contributed by atoms with van der Waals surface area (Å²) in [5.74, 6) is -1.90. The van der Waals surface area contributed by atoms with E-state index in [-0.39, 0.29) is 13.2 Å². The molecular formula is C15H16F2N2O4. The summed E-state index contributed by atoms with van der Waals surface area (Å²) < 4.78 is 28.6. The Morgan fingerprint density at radius 3 is 2.35 bits per heavy atom. The maximum atomic E-state index is 12.3. The summed E-state index contributed by atoms with van der Waals surface area (Å²) in [6.07, 6.45) is -2.63. The van der Waals surface area contributed by atoms with E-state index < -0.39 is 36.9 Å². The lowest BCUT2D eigenvalue weighted by atomic mass is 10.1. The maximum absolute atomic E-state index is 12.3. The molecule has 1 aliphatic rings. The highest BCUT2D eigenvalue weighted by Crippen LogP contribution is 2.25. The van der Waals surface area contributed by atoms with E-state index in [9.17, 15) is 23.2 Å². The number of ether oxygens (including phenoxy) is 1. The normalized spacial score (nSPS) is 16.6. The van der Waals surface area contributed by atoms with Crippen LogP contribution in [0.4, 0.5) is 13.6 Å². The molecule has 23 heavy (non-hydrogen) atoms. The molecule has 0 aromatic heterocycles. The first kappa shape index (κ1) is 17.0. The number of hydrogen-bond donors (Lipinski definition) is 0. The molecule has 0 saturated carbocycles. The zero-order valence-corrected chi connectivity index (χ0v) is 12.4. The summed E-state index contributed by atoms with van der Waals surface area (Å²) in [6.45, 7) is 0.361. The SMILES string of the molecule is C[C@@H](c1ccccc1)N1C(=O)C(=O)N(CCOCC(F)F)C1=O. The minimum Gasteiger partial charge on any atom is -0.374 e. The molecule has 124 valence electrons. The van der Waals surface area contributed by atoms with Crippen molar-refractivity contribution in [1.29, 1.82) is 0 Å². The lowest BCUT2D eigenvalue weighted by Crippen LogP contribution is -2.36. The van der Waals surface area contributed by atoms with Crippen molar-refractivity contribution in [3.05, 3.63) is 35.9 Å². The molecule has 0 spiro atoms. The Hall–Kier alpha value is -2.35. The van der Waals surface area contributed by atoms with E-state index in [1.807, 2.05) is 0 Å². The van der Waals surface area contributed by atoms with Crippen LogP contribution in [-0.2, 0) is 14.3 Å². The van der Waals surface area contributed by atoms with Crippen LogP contribution in [0.5, 0.6) is 0 Å². The molecule has 1 aromatic carbocycles. The number of carbonyl (C=O) groups excluding carboxylic acids is 3. The summed E-state index contributed by atoms with van der Waals surface area (Å²) in [5, 5.41) is 0. The van der Waals surface area contributed by atoms with Gasteiger partial charge in [-0.1, -0.05) is 30.3 Å². The van der Waals surface area contributed by atoms with E-state index in [0.717, 1.165) is 4.90 Å². The van der Waals surface area contributed by atoms with Gasteiger partial charge in [0.2, 0.25) is 0 Å². The first-order valence-corrected chi connectivity index (χ1v) is 7.03. The topological polar surface area (TPSA) is 66.9 Å². The second kappa shape index (κ2) is 7.28. The molecule has 1 atom stereocenters. The number of halogens is 2. The van der Waals surface area contributed by atoms with E-state index in [2.05, 4.69) is 4.74 Å². The molecule has 1 saturated heterocycles. The molecule has 1 heterocycles. The monoisotopic (exact) mass is 326 g/mol. The molecule has 1 aromatic rings. The van der Waals surface area contributed by atoms with Crippen molar-refractivity contribution in [3.63, 3.8) is 0 Å². The summed E-state index contributed by atoms with van der Waals surface area (Å²) >= 11 is 0. The minimum atomic E-state index is -2.63. The fourth-order valence-electron chi connectivity index (χ4n) is 2.27. The molecule has 2 rings (SSSR count). The van der Waals surface area contributed by atoms with Crippen LogP contribution >= 0.6 is 0 Å². The Labute approximate surface area is 131 Å². The number of imide groups is 2. The highest BCUT2D eigenvalue weighted by Gasteiger charge is 2.46. The highest BCUT2D eigenvalue weighted by molar-refractivity contribution is 6.44. The van der Waals surface area contributed by atoms with Gasteiger partial charge in [0.05, 0.1) is 19.2 Å². The Kier molecular flexibility index (Phi) is 5.38. The largest absolute Gasteiger partial charge is 0.374 e. The molecule has 0 radical (unpaired) electrons. The minimum absolute atomic E-state index is 0.242. The highest BCUT2D eigenvalue weighted by atomic mass is 19.3. The van der Waals surface area contributed by atoms with Crippen LogP contribution in [0.15, 0.2) is 30.3 Å². The summed E-state index contributed by atoms with van der Waals surface area (Å²) in [6, 6.07) is 7.42. The molecule has 0 N–H and O–H groups in total. The zero-order valence-electron chi connectivity index (χ0n) is 12.4. The zero-order chi connectivity index (χ0) is 17.0. The quantitative estimate of drug-likeness (QED) is 0.435. The van der Waals surface area contributed by atoms with Gasteiger partial charge >= 0.3 is 17.8 Å². The van der Waals surface area contributed by atoms with Crippen molar-refractivity contribution in [2.75, 3.05) is 19.8 Å². The molecule has 1 aliphatic heterocycles. The fraction of sp³-hybridized carbons (Fsp3) is 0.400. The summed E-state index contributed by atoms with van der Waals surface area (Å²) in [4.78, 5) is 37.8. The van der Waals surface area contributed by atoms with Gasteiger partial charge in [-0.25, -0.2) is 18.5 Å². The van der Waals surface area contributed by atoms with Crippen molar-refractivity contribution in [3.8, 4) is 0 Å². The summed E-state index contributed by atoms with van der Waals surface area (Å²) in [7, 11) is 0. The first-order chi connectivity index (χ1) is 10.9. The molecule has 8 heteroatoms. The third-order valence-electron chi connectivity index (χ3n) is 3.46. The van der Waals surface area contributed by atoms with Crippen molar-refractivity contribution in [2.45, 2.75) is 19.4 Å². The van der Waals surface area contributed by atoms with Crippen LogP contribution in [0.25, 0.3) is 0 Å². The molecular weight excluding hydrogens is 310 g/mol. The average Bonchev–Trinajstić information content (AvgIpc) is 2.74. The van der Waals surface area contributed by atoms with Crippen molar-refractivity contribution >= 4 is 17.8 Å². The summed E-state index contributed by atoms with van der Waals surface area (Å²) in [5.41, 5.74) is 0.706. The van der Waals surface area contributed by atoms with Crippen LogP contribution in [-0.4, -0.2) is 53.8 Å². The first-order valence-electron chi connectivity index (χ1n) is 7.03. The Morgan fingerprint density at radius 1 is 1.09 bits per heavy atom. The Morgan fingerprint density at radius 2 is 1.74 bits per heavy atom. The maximum Gasteiger partial charge on any atom is 0.334 e. The van der Waals surface area contributed by atoms with E-state index in [4.69, 9.17) is 0 Å². The number of benzene rings is 1. The third-order valence-corrected chi connectivity index (χ3v) is 3.46. The predicted molar refractivity (Wildman–Crippen MR) is 75.6 cm³/mol. The fourth-order valence-corrected chi connectivity index (χ4v) is 2.27. The van der Waals surface area contributed by atoms with Crippen molar-refractivity contribution in [1.82, 2.24) is 9.80 Å². The molecule has 0 aliphatic carbocycles. The van der Waals surface area contributed by atoms with E-state index >= 15 is 0 Å². The number of amides is 4. The second-order valence-corrected chi connectivity index (χ2v) is 4.97. The standard InChI is InChI=1S/C15H16F2N2O4/c1-10(11-5-3-2-4-6-11)19-14(21)13(20)18(15(19)22)7-8-23-9-12(16)17/h2-6,10,12H,7-9H2,1H3/t10-/m0/s1. The molecule has 0 bridgehead atoms. The van der Waals surface area contributed by atoms with Gasteiger partial charge in [-0.3, -0.25) is 14.5 Å². The van der Waals surface area contributed by atoms with E-state index in [1.54, 1.807) is 37.3 Å². The number of carbonyl (C=O) groups is 3. The average molecular weight is 326 g/mol. The predicted octanol–water partition coefficient (Wildman–Crippen LogP) is 1.82. The Bertz CT molecular complexity index is 594. The van der Waals surface area contributed by atoms with Gasteiger partial charge in [-0.05, 0) is 12.5 Å². The van der Waals surface area contributed by atoms with Crippen molar-refractivity contribution in [2.24, 2.45) is 0 Å². The number of hydrogen-bond acceptors (Lipinski definition) is 4. The van der Waals surface area contributed by atoms with Gasteiger partial charge in [0.25, 0.3) is 6.43 Å². The van der Waals surface area contributed by atoms with Crippen LogP contribution in [0.2, 0.25) is 0 Å². The molecule has 1 fully saturated rings. The van der Waals surface area contributed by atoms with Gasteiger partial charge in [0.15, 0.2) is 0 Å². The Balaban J connectivity index is 2.04.